The highest BCUT2D eigenvalue weighted by Crippen LogP contribution is 2.66. The van der Waals surface area contributed by atoms with Crippen LogP contribution < -0.4 is 4.90 Å². The van der Waals surface area contributed by atoms with Crippen molar-refractivity contribution in [1.29, 1.82) is 0 Å². The van der Waals surface area contributed by atoms with E-state index in [1.807, 2.05) is 67.6 Å². The molecular weight excluding hydrogens is 416 g/mol. The summed E-state index contributed by atoms with van der Waals surface area (Å²) in [4.78, 5) is 20.3. The number of benzene rings is 2. The number of rotatable bonds is 5. The third kappa shape index (κ3) is 3.15. The number of carbonyl (C=O) groups excluding carboxylic acids is 1. The molecule has 3 aromatic rings. The highest BCUT2D eigenvalue weighted by atomic mass is 32.2. The third-order valence-electron chi connectivity index (χ3n) is 7.65. The third-order valence-corrected chi connectivity index (χ3v) is 8.59. The van der Waals surface area contributed by atoms with Crippen LogP contribution in [-0.4, -0.2) is 26.3 Å². The minimum absolute atomic E-state index is 0.00967. The van der Waals surface area contributed by atoms with E-state index in [0.29, 0.717) is 11.1 Å². The maximum atomic E-state index is 13.6. The van der Waals surface area contributed by atoms with E-state index in [9.17, 15) is 4.79 Å². The number of thioether (sulfide) groups is 1. The average molecular weight is 445 g/mol. The van der Waals surface area contributed by atoms with Gasteiger partial charge in [-0.15, -0.1) is 5.10 Å². The second kappa shape index (κ2) is 7.69. The summed E-state index contributed by atoms with van der Waals surface area (Å²) >= 11 is 1.39. The highest BCUT2D eigenvalue weighted by Gasteiger charge is 2.61. The van der Waals surface area contributed by atoms with Gasteiger partial charge in [-0.25, -0.2) is 4.98 Å². The van der Waals surface area contributed by atoms with Crippen molar-refractivity contribution in [2.75, 3.05) is 4.90 Å². The Morgan fingerprint density at radius 2 is 1.59 bits per heavy atom. The fourth-order valence-corrected chi connectivity index (χ4v) is 6.12. The summed E-state index contributed by atoms with van der Waals surface area (Å²) in [5.41, 5.74) is 3.98. The van der Waals surface area contributed by atoms with Crippen LogP contribution in [0.4, 0.5) is 11.4 Å². The number of hydrogen-bond acceptors (Lipinski definition) is 5. The van der Waals surface area contributed by atoms with Crippen LogP contribution in [0.2, 0.25) is 0 Å². The molecule has 5 rings (SSSR count). The van der Waals surface area contributed by atoms with Crippen LogP contribution in [0.5, 0.6) is 0 Å². The van der Waals surface area contributed by atoms with Gasteiger partial charge < -0.3 is 0 Å². The molecule has 1 aromatic heterocycles. The minimum Gasteiger partial charge on any atom is -0.280 e. The van der Waals surface area contributed by atoms with Crippen molar-refractivity contribution in [3.8, 4) is 0 Å². The standard InChI is InChI=1S/C26H28N4OS/c1-17(23(31)30(18-11-7-5-8-12-18)19-13-9-6-10-14-19)32-24-27-22-21(28-29-24)20-15-16-26(22,4)25(20,2)3/h5-14,17,20H,15-16H2,1-4H3/t17-,20-,26+/m1/s1. The van der Waals surface area contributed by atoms with Gasteiger partial charge in [0.15, 0.2) is 0 Å². The van der Waals surface area contributed by atoms with Gasteiger partial charge in [0.05, 0.1) is 16.6 Å². The van der Waals surface area contributed by atoms with Crippen molar-refractivity contribution < 1.29 is 4.79 Å². The van der Waals surface area contributed by atoms with Crippen molar-refractivity contribution >= 4 is 29.0 Å². The van der Waals surface area contributed by atoms with E-state index >= 15 is 0 Å². The average Bonchev–Trinajstić information content (AvgIpc) is 3.13. The maximum absolute atomic E-state index is 13.6. The Morgan fingerprint density at radius 3 is 2.19 bits per heavy atom. The molecule has 6 heteroatoms. The van der Waals surface area contributed by atoms with E-state index in [-0.39, 0.29) is 22.0 Å². The van der Waals surface area contributed by atoms with E-state index < -0.39 is 0 Å². The molecule has 0 saturated heterocycles. The Labute approximate surface area is 193 Å². The van der Waals surface area contributed by atoms with Gasteiger partial charge >= 0.3 is 0 Å². The molecule has 3 atom stereocenters. The molecule has 2 aromatic carbocycles. The topological polar surface area (TPSA) is 59.0 Å². The quantitative estimate of drug-likeness (QED) is 0.459. The Bertz CT molecular complexity index is 1110. The lowest BCUT2D eigenvalue weighted by atomic mass is 9.70. The monoisotopic (exact) mass is 444 g/mol. The van der Waals surface area contributed by atoms with Crippen molar-refractivity contribution in [2.45, 2.75) is 62.3 Å². The van der Waals surface area contributed by atoms with Gasteiger partial charge in [0.2, 0.25) is 11.1 Å². The predicted molar refractivity (Wildman–Crippen MR) is 128 cm³/mol. The van der Waals surface area contributed by atoms with Gasteiger partial charge in [-0.3, -0.25) is 9.69 Å². The van der Waals surface area contributed by atoms with E-state index in [0.717, 1.165) is 35.6 Å². The summed E-state index contributed by atoms with van der Waals surface area (Å²) in [5.74, 6) is 0.414. The highest BCUT2D eigenvalue weighted by molar-refractivity contribution is 8.00. The van der Waals surface area contributed by atoms with Gasteiger partial charge in [-0.05, 0) is 49.4 Å². The number of amides is 1. The molecule has 0 aliphatic heterocycles. The van der Waals surface area contributed by atoms with Crippen LogP contribution in [0.1, 0.15) is 57.8 Å². The summed E-state index contributed by atoms with van der Waals surface area (Å²) in [7, 11) is 0. The summed E-state index contributed by atoms with van der Waals surface area (Å²) < 4.78 is 0. The van der Waals surface area contributed by atoms with E-state index in [2.05, 4.69) is 31.0 Å². The van der Waals surface area contributed by atoms with Crippen LogP contribution in [0, 0.1) is 5.41 Å². The Morgan fingerprint density at radius 1 is 1.00 bits per heavy atom. The number of fused-ring (bicyclic) bond motifs is 5. The largest absolute Gasteiger partial charge is 0.280 e. The van der Waals surface area contributed by atoms with Gasteiger partial charge in [0.25, 0.3) is 0 Å². The first-order chi connectivity index (χ1) is 15.3. The number of nitrogens with zero attached hydrogens (tertiary/aromatic N) is 4. The molecule has 1 amide bonds. The lowest BCUT2D eigenvalue weighted by molar-refractivity contribution is -0.117. The first-order valence-corrected chi connectivity index (χ1v) is 12.1. The number of carbonyl (C=O) groups is 1. The van der Waals surface area contributed by atoms with Crippen LogP contribution in [0.25, 0.3) is 0 Å². The SMILES string of the molecule is C[C@@H](Sc1nnc2c(n1)[C@]1(C)CC[C@H]2C1(C)C)C(=O)N(c1ccccc1)c1ccccc1. The van der Waals surface area contributed by atoms with Gasteiger partial charge in [-0.1, -0.05) is 68.9 Å². The summed E-state index contributed by atoms with van der Waals surface area (Å²) in [5, 5.41) is 9.24. The molecule has 0 radical (unpaired) electrons. The Balaban J connectivity index is 1.43. The van der Waals surface area contributed by atoms with E-state index in [1.54, 1.807) is 4.90 Å². The summed E-state index contributed by atoms with van der Waals surface area (Å²) in [6.07, 6.45) is 2.28. The number of aromatic nitrogens is 3. The molecule has 164 valence electrons. The second-order valence-corrected chi connectivity index (χ2v) is 10.9. The van der Waals surface area contributed by atoms with Gasteiger partial charge in [-0.2, -0.15) is 5.10 Å². The van der Waals surface area contributed by atoms with Crippen LogP contribution in [0.15, 0.2) is 65.8 Å². The van der Waals surface area contributed by atoms with Crippen molar-refractivity contribution in [3.63, 3.8) is 0 Å². The molecular formula is C26H28N4OS. The Kier molecular flexibility index (Phi) is 5.08. The lowest BCUT2D eigenvalue weighted by Crippen LogP contribution is -2.33. The van der Waals surface area contributed by atoms with Crippen LogP contribution in [-0.2, 0) is 10.2 Å². The first-order valence-electron chi connectivity index (χ1n) is 11.2. The molecule has 32 heavy (non-hydrogen) atoms. The number of hydrogen-bond donors (Lipinski definition) is 0. The Hall–Kier alpha value is -2.73. The van der Waals surface area contributed by atoms with Crippen molar-refractivity contribution in [1.82, 2.24) is 15.2 Å². The van der Waals surface area contributed by atoms with Crippen molar-refractivity contribution in [2.24, 2.45) is 5.41 Å². The molecule has 0 unspecified atom stereocenters. The lowest BCUT2D eigenvalue weighted by Gasteiger charge is -2.34. The first kappa shape index (κ1) is 21.1. The van der Waals surface area contributed by atoms with E-state index in [1.165, 1.54) is 11.8 Å². The molecule has 2 aliphatic carbocycles. The fourth-order valence-electron chi connectivity index (χ4n) is 5.36. The molecule has 2 aliphatic rings. The second-order valence-electron chi connectivity index (χ2n) is 9.58. The van der Waals surface area contributed by atoms with Gasteiger partial charge in [0, 0.05) is 22.7 Å². The summed E-state index contributed by atoms with van der Waals surface area (Å²) in [6, 6.07) is 19.5. The number of anilines is 2. The molecule has 5 nitrogen and oxygen atoms in total. The van der Waals surface area contributed by atoms with Gasteiger partial charge in [0.1, 0.15) is 0 Å². The number of para-hydroxylation sites is 2. The predicted octanol–water partition coefficient (Wildman–Crippen LogP) is 5.89. The smallest absolute Gasteiger partial charge is 0.244 e. The maximum Gasteiger partial charge on any atom is 0.244 e. The molecule has 1 saturated carbocycles. The van der Waals surface area contributed by atoms with Crippen LogP contribution in [0.3, 0.4) is 0 Å². The molecule has 0 spiro atoms. The van der Waals surface area contributed by atoms with E-state index in [4.69, 9.17) is 4.98 Å². The van der Waals surface area contributed by atoms with Crippen LogP contribution >= 0.6 is 11.8 Å². The molecule has 2 bridgehead atoms. The summed E-state index contributed by atoms with van der Waals surface area (Å²) in [6.45, 7) is 8.87. The normalized spacial score (nSPS) is 23.6. The fraction of sp³-hybridized carbons (Fsp3) is 0.385. The molecule has 1 heterocycles. The molecule has 1 fully saturated rings. The van der Waals surface area contributed by atoms with Crippen molar-refractivity contribution in [3.05, 3.63) is 72.1 Å². The zero-order valence-corrected chi connectivity index (χ0v) is 19.8. The zero-order valence-electron chi connectivity index (χ0n) is 18.9. The zero-order chi connectivity index (χ0) is 22.5. The molecule has 0 N–H and O–H groups in total. The minimum atomic E-state index is -0.366.